The van der Waals surface area contributed by atoms with E-state index >= 15 is 0 Å². The van der Waals surface area contributed by atoms with E-state index in [0.717, 1.165) is 25.0 Å². The van der Waals surface area contributed by atoms with Crippen LogP contribution in [0.25, 0.3) is 0 Å². The number of nitrogens with zero attached hydrogens (tertiary/aromatic N) is 3. The number of carbonyl (C=O) groups excluding carboxylic acids is 1. The maximum absolute atomic E-state index is 12.2. The van der Waals surface area contributed by atoms with Crippen molar-refractivity contribution in [2.45, 2.75) is 43.7 Å². The Kier molecular flexibility index (Phi) is 4.12. The molecule has 3 rings (SSSR count). The van der Waals surface area contributed by atoms with Gasteiger partial charge in [-0.25, -0.2) is 4.98 Å². The van der Waals surface area contributed by atoms with Crippen molar-refractivity contribution >= 4 is 17.5 Å². The lowest BCUT2D eigenvalue weighted by atomic mass is 10.0. The number of terminal acetylenes is 1. The van der Waals surface area contributed by atoms with Crippen molar-refractivity contribution in [1.29, 1.82) is 0 Å². The lowest BCUT2D eigenvalue weighted by molar-refractivity contribution is 0.0951. The van der Waals surface area contributed by atoms with Gasteiger partial charge in [-0.15, -0.1) is 12.3 Å². The van der Waals surface area contributed by atoms with E-state index in [1.165, 1.54) is 0 Å². The molecule has 0 aromatic carbocycles. The molecule has 2 aliphatic rings. The summed E-state index contributed by atoms with van der Waals surface area (Å²) in [5.74, 6) is 2.91. The number of hydrogen-bond donors (Lipinski definition) is 1. The van der Waals surface area contributed by atoms with Crippen LogP contribution in [0.3, 0.4) is 0 Å². The van der Waals surface area contributed by atoms with Gasteiger partial charge in [-0.05, 0) is 25.0 Å². The van der Waals surface area contributed by atoms with E-state index in [0.29, 0.717) is 36.0 Å². The molecular formula is C16H17ClN4O. The Morgan fingerprint density at radius 3 is 2.82 bits per heavy atom. The summed E-state index contributed by atoms with van der Waals surface area (Å²) in [7, 11) is 0. The van der Waals surface area contributed by atoms with Crippen LogP contribution in [0.2, 0.25) is 5.15 Å². The maximum Gasteiger partial charge on any atom is 0.251 e. The molecule has 0 saturated heterocycles. The van der Waals surface area contributed by atoms with E-state index in [-0.39, 0.29) is 11.6 Å². The molecule has 1 aliphatic heterocycles. The molecule has 1 aromatic rings. The summed E-state index contributed by atoms with van der Waals surface area (Å²) in [6, 6.07) is 3.43. The first-order chi connectivity index (χ1) is 10.6. The highest BCUT2D eigenvalue weighted by Gasteiger charge is 2.38. The van der Waals surface area contributed by atoms with Crippen LogP contribution < -0.4 is 5.32 Å². The lowest BCUT2D eigenvalue weighted by Crippen LogP contribution is -2.28. The molecule has 6 heteroatoms. The summed E-state index contributed by atoms with van der Waals surface area (Å²) in [6.45, 7) is 0.509. The van der Waals surface area contributed by atoms with Crippen LogP contribution in [0, 0.1) is 12.3 Å². The highest BCUT2D eigenvalue weighted by atomic mass is 35.5. The molecule has 1 amide bonds. The molecule has 1 N–H and O–H groups in total. The van der Waals surface area contributed by atoms with Crippen molar-refractivity contribution in [2.75, 3.05) is 6.54 Å². The minimum atomic E-state index is -0.366. The third kappa shape index (κ3) is 3.63. The highest BCUT2D eigenvalue weighted by Crippen LogP contribution is 2.39. The second-order valence-electron chi connectivity index (χ2n) is 5.77. The fourth-order valence-corrected chi connectivity index (χ4v) is 2.60. The molecule has 2 heterocycles. The molecular weight excluding hydrogens is 300 g/mol. The second kappa shape index (κ2) is 6.05. The molecule has 1 aromatic heterocycles. The van der Waals surface area contributed by atoms with Crippen molar-refractivity contribution in [3.05, 3.63) is 28.5 Å². The molecule has 0 spiro atoms. The van der Waals surface area contributed by atoms with Gasteiger partial charge in [0.1, 0.15) is 5.15 Å². The summed E-state index contributed by atoms with van der Waals surface area (Å²) < 4.78 is 0. The van der Waals surface area contributed by atoms with Gasteiger partial charge in [0, 0.05) is 43.0 Å². The first kappa shape index (κ1) is 15.0. The number of nitrogens with one attached hydrogen (secondary N) is 1. The topological polar surface area (TPSA) is 66.7 Å². The quantitative estimate of drug-likeness (QED) is 0.619. The fourth-order valence-electron chi connectivity index (χ4n) is 2.38. The van der Waals surface area contributed by atoms with Crippen LogP contribution in [0.5, 0.6) is 0 Å². The molecule has 1 aliphatic carbocycles. The van der Waals surface area contributed by atoms with Gasteiger partial charge in [0.25, 0.3) is 5.91 Å². The van der Waals surface area contributed by atoms with Gasteiger partial charge in [-0.3, -0.25) is 4.79 Å². The monoisotopic (exact) mass is 316 g/mol. The summed E-state index contributed by atoms with van der Waals surface area (Å²) in [5, 5.41) is 11.4. The second-order valence-corrected chi connectivity index (χ2v) is 6.16. The number of carbonyl (C=O) groups is 1. The number of halogens is 1. The van der Waals surface area contributed by atoms with E-state index in [1.54, 1.807) is 6.07 Å². The van der Waals surface area contributed by atoms with Gasteiger partial charge in [0.15, 0.2) is 5.66 Å². The molecule has 0 atom stereocenters. The first-order valence-corrected chi connectivity index (χ1v) is 7.83. The van der Waals surface area contributed by atoms with E-state index in [1.807, 2.05) is 6.07 Å². The van der Waals surface area contributed by atoms with Crippen LogP contribution in [-0.4, -0.2) is 23.1 Å². The fraction of sp³-hybridized carbons (Fsp3) is 0.500. The number of rotatable bonds is 7. The molecule has 1 fully saturated rings. The van der Waals surface area contributed by atoms with E-state index in [4.69, 9.17) is 18.0 Å². The maximum atomic E-state index is 12.2. The summed E-state index contributed by atoms with van der Waals surface area (Å²) in [6.07, 6.45) is 9.56. The third-order valence-corrected chi connectivity index (χ3v) is 4.13. The average Bonchev–Trinajstić information content (AvgIpc) is 3.39. The van der Waals surface area contributed by atoms with Gasteiger partial charge in [0.05, 0.1) is 0 Å². The Morgan fingerprint density at radius 1 is 1.41 bits per heavy atom. The van der Waals surface area contributed by atoms with Crippen LogP contribution in [0.15, 0.2) is 22.4 Å². The lowest BCUT2D eigenvalue weighted by Gasteiger charge is -2.10. The Balaban J connectivity index is 1.53. The van der Waals surface area contributed by atoms with Crippen LogP contribution in [-0.2, 0) is 0 Å². The van der Waals surface area contributed by atoms with Crippen molar-refractivity contribution in [1.82, 2.24) is 10.3 Å². The Bertz CT molecular complexity index is 655. The largest absolute Gasteiger partial charge is 0.352 e. The Hall–Kier alpha value is -1.93. The van der Waals surface area contributed by atoms with Crippen LogP contribution >= 0.6 is 11.6 Å². The van der Waals surface area contributed by atoms with E-state index in [2.05, 4.69) is 26.4 Å². The van der Waals surface area contributed by atoms with Gasteiger partial charge in [-0.1, -0.05) is 11.6 Å². The van der Waals surface area contributed by atoms with Crippen molar-refractivity contribution in [2.24, 2.45) is 10.2 Å². The standard InChI is InChI=1S/C16H17ClN4O/c1-2-3-6-16(20-21-16)7-8-18-15(22)12-9-13(11-4-5-11)19-14(17)10-12/h1,9-11H,3-8H2,(H,18,22). The minimum Gasteiger partial charge on any atom is -0.352 e. The predicted octanol–water partition coefficient (Wildman–Crippen LogP) is 3.31. The van der Waals surface area contributed by atoms with E-state index in [9.17, 15) is 4.79 Å². The zero-order valence-corrected chi connectivity index (χ0v) is 12.9. The summed E-state index contributed by atoms with van der Waals surface area (Å²) in [5.41, 5.74) is 1.11. The van der Waals surface area contributed by atoms with Gasteiger partial charge >= 0.3 is 0 Å². The SMILES string of the molecule is C#CCCC1(CCNC(=O)c2cc(Cl)nc(C3CC3)c2)N=N1. The zero-order chi connectivity index (χ0) is 15.6. The third-order valence-electron chi connectivity index (χ3n) is 3.94. The zero-order valence-electron chi connectivity index (χ0n) is 12.2. The molecule has 114 valence electrons. The van der Waals surface area contributed by atoms with Gasteiger partial charge in [-0.2, -0.15) is 10.2 Å². The summed E-state index contributed by atoms with van der Waals surface area (Å²) >= 11 is 6.00. The molecule has 5 nitrogen and oxygen atoms in total. The Labute approximate surface area is 134 Å². The van der Waals surface area contributed by atoms with Gasteiger partial charge in [0.2, 0.25) is 0 Å². The molecule has 22 heavy (non-hydrogen) atoms. The number of pyridine rings is 1. The highest BCUT2D eigenvalue weighted by molar-refractivity contribution is 6.29. The molecule has 1 saturated carbocycles. The average molecular weight is 317 g/mol. The molecule has 0 radical (unpaired) electrons. The smallest absolute Gasteiger partial charge is 0.251 e. The number of hydrogen-bond acceptors (Lipinski definition) is 4. The number of aromatic nitrogens is 1. The van der Waals surface area contributed by atoms with Crippen molar-refractivity contribution in [3.8, 4) is 12.3 Å². The normalized spacial score (nSPS) is 17.8. The van der Waals surface area contributed by atoms with Gasteiger partial charge < -0.3 is 5.32 Å². The van der Waals surface area contributed by atoms with Crippen LogP contribution in [0.1, 0.15) is 54.1 Å². The predicted molar refractivity (Wildman–Crippen MR) is 83.8 cm³/mol. The number of amides is 1. The molecule has 0 bridgehead atoms. The summed E-state index contributed by atoms with van der Waals surface area (Å²) in [4.78, 5) is 16.5. The van der Waals surface area contributed by atoms with Crippen molar-refractivity contribution in [3.63, 3.8) is 0 Å². The van der Waals surface area contributed by atoms with E-state index < -0.39 is 0 Å². The first-order valence-electron chi connectivity index (χ1n) is 7.45. The Morgan fingerprint density at radius 2 is 2.18 bits per heavy atom. The minimum absolute atomic E-state index is 0.140. The molecule has 0 unspecified atom stereocenters. The van der Waals surface area contributed by atoms with Crippen molar-refractivity contribution < 1.29 is 4.79 Å². The van der Waals surface area contributed by atoms with Crippen LogP contribution in [0.4, 0.5) is 0 Å².